The first-order valence-corrected chi connectivity index (χ1v) is 52.7. The Hall–Kier alpha value is -13.6. The quantitative estimate of drug-likeness (QED) is 0.0193. The number of carboxylic acids is 5. The lowest BCUT2D eigenvalue weighted by atomic mass is 9.94. The van der Waals surface area contributed by atoms with Crippen LogP contribution >= 0.6 is 0 Å². The Balaban J connectivity index is 0.000000281. The van der Waals surface area contributed by atoms with Crippen LogP contribution in [0.25, 0.3) is 0 Å². The van der Waals surface area contributed by atoms with Crippen molar-refractivity contribution in [2.24, 2.45) is 0 Å². The van der Waals surface area contributed by atoms with E-state index in [0.29, 0.717) is 160 Å². The number of rotatable bonds is 54. The molecule has 0 radical (unpaired) electrons. The maximum Gasteiger partial charge on any atom is 0.349 e. The van der Waals surface area contributed by atoms with Crippen LogP contribution in [0, 0.1) is 5.82 Å². The number of aryl methyl sites for hydroxylation is 8. The fraction of sp³-hybridized carbons (Fsp3) is 0.435. The van der Waals surface area contributed by atoms with Gasteiger partial charge in [-0.25, -0.2) is 28.4 Å². The van der Waals surface area contributed by atoms with Gasteiger partial charge in [0.05, 0.1) is 17.2 Å². The number of phenolic OH excluding ortho intramolecular Hbond substituents is 1. The number of carboxylic acid groups (broad SMARTS) is 5. The van der Waals surface area contributed by atoms with Crippen molar-refractivity contribution in [2.45, 2.75) is 354 Å². The molecule has 23 heteroatoms. The van der Waals surface area contributed by atoms with Gasteiger partial charge in [-0.1, -0.05) is 317 Å². The Morgan fingerprint density at radius 3 is 0.714 bits per heavy atom. The molecule has 0 fully saturated rings. The highest BCUT2D eigenvalue weighted by molar-refractivity contribution is 6.00. The van der Waals surface area contributed by atoms with E-state index in [1.807, 2.05) is 147 Å². The molecule has 0 aromatic heterocycles. The van der Waals surface area contributed by atoms with Gasteiger partial charge >= 0.3 is 29.8 Å². The lowest BCUT2D eigenvalue weighted by Crippen LogP contribution is -2.20. The number of ether oxygens (including phenoxy) is 6. The van der Waals surface area contributed by atoms with Crippen LogP contribution in [0.3, 0.4) is 0 Å². The third-order valence-electron chi connectivity index (χ3n) is 24.7. The molecule has 10 aromatic rings. The van der Waals surface area contributed by atoms with Crippen LogP contribution in [-0.2, 0) is 88.2 Å². The largest absolute Gasteiger partial charge is 0.507 e. The topological polar surface area (TPSA) is 347 Å². The minimum atomic E-state index is -1.26. The van der Waals surface area contributed by atoms with E-state index in [4.69, 9.17) is 28.4 Å². The van der Waals surface area contributed by atoms with Crippen LogP contribution in [0.15, 0.2) is 182 Å². The molecule has 0 saturated heterocycles. The van der Waals surface area contributed by atoms with E-state index in [-0.39, 0.29) is 76.1 Å². The van der Waals surface area contributed by atoms with Gasteiger partial charge in [-0.3, -0.25) is 24.0 Å². The Morgan fingerprint density at radius 2 is 0.469 bits per heavy atom. The molecule has 5 unspecified atom stereocenters. The number of aliphatic carboxylic acids is 5. The van der Waals surface area contributed by atoms with Gasteiger partial charge in [0, 0.05) is 87.7 Å². The zero-order valence-electron chi connectivity index (χ0n) is 90.2. The van der Waals surface area contributed by atoms with E-state index >= 15 is 4.39 Å². The second-order valence-electron chi connectivity index (χ2n) is 37.6. The molecule has 0 bridgehead atoms. The summed E-state index contributed by atoms with van der Waals surface area (Å²) in [5.74, 6) is -2.35. The van der Waals surface area contributed by atoms with Gasteiger partial charge < -0.3 is 59.1 Å². The maximum atomic E-state index is 15.3. The summed E-state index contributed by atoms with van der Waals surface area (Å²) in [6.45, 7) is 41.4. The summed E-state index contributed by atoms with van der Waals surface area (Å²) in [6, 6.07) is 54.0. The molecule has 10 aromatic carbocycles. The average Bonchev–Trinajstić information content (AvgIpc) is 0.786. The highest BCUT2D eigenvalue weighted by Gasteiger charge is 2.34. The molecule has 0 saturated carbocycles. The molecule has 5 atom stereocenters. The summed E-state index contributed by atoms with van der Waals surface area (Å²) in [5.41, 5.74) is 15.0. The SMILES string of the molecule is CCCc1cc(C(=O)CC)c(F)c(CCC)c1OC(C(=O)O)c1ccc(C(C)C)cc1.CCCc1cc(C(=O)CC)c(O)c(CCC)c1OC(C(=O)O)c1ccccc1.CCCc1cc(C(=O)CC)cc(CCC)c1OC(C(=O)O)c1ccc(C(C)C)cc1.CCCc1cc(C(=O)CC)cc(CCC)c1OC(C(=O)O)c1ccc(OC(C)C)cc1.CCCc1cc(C(=O)CC)cc(CCC)c1OC(C(=O)O)c1ccccc1. The van der Waals surface area contributed by atoms with Crippen molar-refractivity contribution in [1.82, 2.24) is 0 Å². The smallest absolute Gasteiger partial charge is 0.349 e. The molecular weight excluding hydrogens is 1860 g/mol. The molecule has 0 aliphatic heterocycles. The van der Waals surface area contributed by atoms with Gasteiger partial charge in [-0.15, -0.1) is 0 Å². The minimum Gasteiger partial charge on any atom is -0.507 e. The Labute approximate surface area is 870 Å². The number of hydrogen-bond acceptors (Lipinski definition) is 17. The molecule has 10 rings (SSSR count). The normalized spacial score (nSPS) is 12.0. The van der Waals surface area contributed by atoms with Gasteiger partial charge in [0.2, 0.25) is 30.5 Å². The molecule has 0 spiro atoms. The number of phenols is 1. The number of aromatic hydroxyl groups is 1. The van der Waals surface area contributed by atoms with Crippen molar-refractivity contribution < 1.29 is 111 Å². The van der Waals surface area contributed by atoms with E-state index in [2.05, 4.69) is 69.2 Å². The van der Waals surface area contributed by atoms with Gasteiger partial charge in [-0.2, -0.15) is 0 Å². The average molecular weight is 2020 g/mol. The summed E-state index contributed by atoms with van der Waals surface area (Å²) < 4.78 is 51.5. The summed E-state index contributed by atoms with van der Waals surface area (Å²) in [6.07, 6.45) is 10.6. The number of Topliss-reactive ketones (excluding diaryl/α,β-unsaturated/α-hetero) is 5. The lowest BCUT2D eigenvalue weighted by Gasteiger charge is -2.23. The highest BCUT2D eigenvalue weighted by Crippen LogP contribution is 2.44. The summed E-state index contributed by atoms with van der Waals surface area (Å²) in [4.78, 5) is 122. The van der Waals surface area contributed by atoms with Gasteiger partial charge in [0.25, 0.3) is 0 Å². The number of carbonyl (C=O) groups is 10. The third-order valence-corrected chi connectivity index (χ3v) is 24.7. The third kappa shape index (κ3) is 35.4. The standard InChI is InChI=1S/C26H33FO4.C26H34O5.C26H34O4.C23H28O5.C23H28O4/c1-6-9-19-15-21(22(28)8-3)23(27)20(10-7-2)24(19)31-25(26(29)30)18-13-11-17(12-14-18)16(4)5;1-6-9-19-15-21(23(27)8-3)16-20(10-7-2)24(19)31-25(26(28)29)18-11-13-22(14-12-18)30-17(4)5;1-6-9-20-15-22(23(27)8-3)16-21(10-7-2)24(20)30-25(26(28)29)19-13-11-18(12-14-19)17(4)5;1-4-10-16-14-18(19(24)6-3)20(25)17(11-5-2)21(16)28-22(23(26)27)15-12-8-7-9-13-15;1-4-10-17-14-19(20(24)6-3)15-18(11-5-2)21(17)27-22(23(25)26)16-12-8-7-9-13-16/h11-16,25H,6-10H2,1-5H3,(H,29,30);11-17,25H,6-10H2,1-5H3,(H,28,29);11-17,25H,6-10H2,1-5H3,(H,28,29);7-9,12-14,22,25H,4-6,10-11H2,1-3H3,(H,26,27);7-9,12-15,22H,4-6,10-11H2,1-3H3,(H,25,26). The van der Waals surface area contributed by atoms with E-state index in [0.717, 1.165) is 134 Å². The van der Waals surface area contributed by atoms with Crippen molar-refractivity contribution in [3.05, 3.63) is 310 Å². The van der Waals surface area contributed by atoms with Crippen LogP contribution < -0.4 is 28.4 Å². The fourth-order valence-corrected chi connectivity index (χ4v) is 17.3. The second-order valence-corrected chi connectivity index (χ2v) is 37.6. The molecule has 0 amide bonds. The molecule has 0 aliphatic carbocycles. The van der Waals surface area contributed by atoms with E-state index in [9.17, 15) is 78.6 Å². The molecule has 0 aliphatic rings. The summed E-state index contributed by atoms with van der Waals surface area (Å²) in [5, 5.41) is 59.9. The zero-order chi connectivity index (χ0) is 109. The van der Waals surface area contributed by atoms with Gasteiger partial charge in [-0.05, 0) is 206 Å². The predicted octanol–water partition coefficient (Wildman–Crippen LogP) is 29.8. The van der Waals surface area contributed by atoms with Crippen LogP contribution in [0.1, 0.15) is 430 Å². The summed E-state index contributed by atoms with van der Waals surface area (Å²) >= 11 is 0. The van der Waals surface area contributed by atoms with Crippen molar-refractivity contribution in [2.75, 3.05) is 0 Å². The summed E-state index contributed by atoms with van der Waals surface area (Å²) in [7, 11) is 0. The first-order valence-electron chi connectivity index (χ1n) is 52.7. The minimum absolute atomic E-state index is 0.0370. The van der Waals surface area contributed by atoms with Crippen LogP contribution in [0.2, 0.25) is 0 Å². The van der Waals surface area contributed by atoms with Gasteiger partial charge in [0.1, 0.15) is 46.1 Å². The van der Waals surface area contributed by atoms with Crippen LogP contribution in [-0.4, -0.2) is 95.5 Å². The van der Waals surface area contributed by atoms with E-state index in [1.165, 1.54) is 0 Å². The first kappa shape index (κ1) is 122. The molecule has 792 valence electrons. The fourth-order valence-electron chi connectivity index (χ4n) is 17.3. The Bertz CT molecular complexity index is 5880. The van der Waals surface area contributed by atoms with Crippen molar-refractivity contribution in [1.29, 1.82) is 0 Å². The first-order chi connectivity index (χ1) is 70.3. The zero-order valence-corrected chi connectivity index (χ0v) is 90.2. The maximum absolute atomic E-state index is 15.3. The van der Waals surface area contributed by atoms with Crippen molar-refractivity contribution >= 4 is 58.8 Å². The number of halogens is 1. The second kappa shape index (κ2) is 62.4. The van der Waals surface area contributed by atoms with Gasteiger partial charge in [0.15, 0.2) is 28.9 Å². The monoisotopic (exact) mass is 2020 g/mol. The van der Waals surface area contributed by atoms with Crippen LogP contribution in [0.5, 0.6) is 40.2 Å². The van der Waals surface area contributed by atoms with E-state index in [1.54, 1.807) is 111 Å². The number of ketones is 5. The molecule has 0 heterocycles. The highest BCUT2D eigenvalue weighted by atomic mass is 19.1. The molecule has 147 heavy (non-hydrogen) atoms. The predicted molar refractivity (Wildman–Crippen MR) is 578 cm³/mol. The molecule has 22 nitrogen and oxygen atoms in total. The van der Waals surface area contributed by atoms with Crippen molar-refractivity contribution in [3.63, 3.8) is 0 Å². The lowest BCUT2D eigenvalue weighted by molar-refractivity contribution is -0.146. The van der Waals surface area contributed by atoms with Crippen molar-refractivity contribution in [3.8, 4) is 40.2 Å². The Morgan fingerprint density at radius 1 is 0.252 bits per heavy atom. The molecule has 6 N–H and O–H groups in total. The molecular formula is C124H157FO22. The van der Waals surface area contributed by atoms with E-state index < -0.39 is 66.2 Å². The Kier molecular flexibility index (Phi) is 51.9. The van der Waals surface area contributed by atoms with Crippen LogP contribution in [0.4, 0.5) is 4.39 Å². The number of carbonyl (C=O) groups excluding carboxylic acids is 5. The number of hydrogen-bond donors (Lipinski definition) is 6. The number of benzene rings is 10.